The zero-order valence-corrected chi connectivity index (χ0v) is 14.9. The summed E-state index contributed by atoms with van der Waals surface area (Å²) < 4.78 is 2.10. The molecule has 0 aromatic carbocycles. The molecule has 134 valence electrons. The largest absolute Gasteiger partial charge is 0.353 e. The fourth-order valence-electron chi connectivity index (χ4n) is 3.24. The summed E-state index contributed by atoms with van der Waals surface area (Å²) >= 11 is 0. The summed E-state index contributed by atoms with van der Waals surface area (Å²) in [4.78, 5) is 26.2. The molecule has 1 aromatic heterocycles. The Morgan fingerprint density at radius 3 is 2.38 bits per heavy atom. The lowest BCUT2D eigenvalue weighted by Gasteiger charge is -2.31. The van der Waals surface area contributed by atoms with Crippen molar-refractivity contribution in [2.75, 3.05) is 26.2 Å². The third-order valence-corrected chi connectivity index (χ3v) is 4.60. The number of aryl methyl sites for hydroxylation is 1. The van der Waals surface area contributed by atoms with E-state index in [-0.39, 0.29) is 6.04 Å². The molecular formula is C18H30N4O2. The van der Waals surface area contributed by atoms with Crippen molar-refractivity contribution in [1.82, 2.24) is 20.1 Å². The molecule has 0 spiro atoms. The standard InChI is InChI=1S/C18H30N4O2/c1-3-10-19-17(23)18(24)20-14-16(15-9-8-11-21(15)2)22-12-6-4-5-7-13-22/h8-9,11,16H,3-7,10,12-14H2,1-2H3,(H,19,23)(H,20,24). The topological polar surface area (TPSA) is 66.4 Å². The number of rotatable bonds is 6. The van der Waals surface area contributed by atoms with Crippen molar-refractivity contribution in [3.05, 3.63) is 24.0 Å². The number of carbonyl (C=O) groups excluding carboxylic acids is 2. The van der Waals surface area contributed by atoms with Gasteiger partial charge in [-0.2, -0.15) is 0 Å². The summed E-state index contributed by atoms with van der Waals surface area (Å²) in [5.41, 5.74) is 1.17. The Labute approximate surface area is 144 Å². The summed E-state index contributed by atoms with van der Waals surface area (Å²) in [7, 11) is 2.02. The van der Waals surface area contributed by atoms with Crippen molar-refractivity contribution in [3.63, 3.8) is 0 Å². The molecule has 0 saturated carbocycles. The molecular weight excluding hydrogens is 304 g/mol. The molecule has 6 heteroatoms. The molecule has 1 aromatic rings. The molecule has 6 nitrogen and oxygen atoms in total. The Morgan fingerprint density at radius 1 is 1.12 bits per heavy atom. The Hall–Kier alpha value is -1.82. The first-order valence-corrected chi connectivity index (χ1v) is 9.04. The second kappa shape index (κ2) is 9.47. The normalized spacial score (nSPS) is 17.1. The van der Waals surface area contributed by atoms with E-state index < -0.39 is 11.8 Å². The smallest absolute Gasteiger partial charge is 0.309 e. The van der Waals surface area contributed by atoms with Crippen LogP contribution in [0.2, 0.25) is 0 Å². The van der Waals surface area contributed by atoms with Crippen LogP contribution in [0, 0.1) is 0 Å². The fraction of sp³-hybridized carbons (Fsp3) is 0.667. The molecule has 1 fully saturated rings. The predicted molar refractivity (Wildman–Crippen MR) is 94.5 cm³/mol. The first-order valence-electron chi connectivity index (χ1n) is 9.04. The molecule has 1 aliphatic heterocycles. The van der Waals surface area contributed by atoms with Gasteiger partial charge in [0.05, 0.1) is 6.04 Å². The van der Waals surface area contributed by atoms with Crippen LogP contribution in [-0.4, -0.2) is 47.5 Å². The van der Waals surface area contributed by atoms with E-state index in [1.807, 2.05) is 26.2 Å². The average Bonchev–Trinajstić information content (AvgIpc) is 2.84. The molecule has 1 aliphatic rings. The van der Waals surface area contributed by atoms with Crippen LogP contribution >= 0.6 is 0 Å². The molecule has 2 N–H and O–H groups in total. The second-order valence-electron chi connectivity index (χ2n) is 6.48. The molecule has 0 radical (unpaired) electrons. The highest BCUT2D eigenvalue weighted by atomic mass is 16.2. The average molecular weight is 334 g/mol. The molecule has 24 heavy (non-hydrogen) atoms. The number of carbonyl (C=O) groups is 2. The van der Waals surface area contributed by atoms with Gasteiger partial charge in [-0.1, -0.05) is 19.8 Å². The van der Waals surface area contributed by atoms with Crippen LogP contribution in [0.5, 0.6) is 0 Å². The minimum absolute atomic E-state index is 0.103. The molecule has 1 atom stereocenters. The monoisotopic (exact) mass is 334 g/mol. The van der Waals surface area contributed by atoms with E-state index >= 15 is 0 Å². The van der Waals surface area contributed by atoms with Gasteiger partial charge in [0.25, 0.3) is 0 Å². The summed E-state index contributed by atoms with van der Waals surface area (Å²) in [5.74, 6) is -1.09. The quantitative estimate of drug-likeness (QED) is 0.776. The number of amides is 2. The van der Waals surface area contributed by atoms with E-state index in [9.17, 15) is 9.59 Å². The van der Waals surface area contributed by atoms with Crippen molar-refractivity contribution in [3.8, 4) is 0 Å². The first-order chi connectivity index (χ1) is 11.6. The molecule has 0 aliphatic carbocycles. The summed E-state index contributed by atoms with van der Waals surface area (Å²) in [6.07, 6.45) is 7.75. The lowest BCUT2D eigenvalue weighted by Crippen LogP contribution is -2.44. The number of likely N-dealkylation sites (tertiary alicyclic amines) is 1. The van der Waals surface area contributed by atoms with Crippen LogP contribution in [-0.2, 0) is 16.6 Å². The van der Waals surface area contributed by atoms with Gasteiger partial charge in [0.1, 0.15) is 0 Å². The number of aromatic nitrogens is 1. The fourth-order valence-corrected chi connectivity index (χ4v) is 3.24. The summed E-state index contributed by atoms with van der Waals surface area (Å²) in [6, 6.07) is 4.22. The Balaban J connectivity index is 2.02. The maximum atomic E-state index is 12.0. The minimum atomic E-state index is -0.544. The van der Waals surface area contributed by atoms with Crippen molar-refractivity contribution in [2.24, 2.45) is 7.05 Å². The zero-order chi connectivity index (χ0) is 17.4. The number of nitrogens with zero attached hydrogens (tertiary/aromatic N) is 2. The van der Waals surface area contributed by atoms with Crippen LogP contribution in [0.15, 0.2) is 18.3 Å². The molecule has 2 amide bonds. The van der Waals surface area contributed by atoms with Gasteiger partial charge in [0, 0.05) is 32.0 Å². The third kappa shape index (κ3) is 5.09. The van der Waals surface area contributed by atoms with Gasteiger partial charge in [0.2, 0.25) is 0 Å². The van der Waals surface area contributed by atoms with E-state index in [2.05, 4.69) is 26.2 Å². The Morgan fingerprint density at radius 2 is 1.79 bits per heavy atom. The van der Waals surface area contributed by atoms with Gasteiger partial charge < -0.3 is 15.2 Å². The van der Waals surface area contributed by atoms with Gasteiger partial charge in [-0.05, 0) is 44.5 Å². The maximum absolute atomic E-state index is 12.0. The maximum Gasteiger partial charge on any atom is 0.309 e. The first kappa shape index (κ1) is 18.5. The van der Waals surface area contributed by atoms with Gasteiger partial charge in [0.15, 0.2) is 0 Å². The van der Waals surface area contributed by atoms with E-state index in [1.165, 1.54) is 31.4 Å². The van der Waals surface area contributed by atoms with Crippen molar-refractivity contribution in [1.29, 1.82) is 0 Å². The summed E-state index contributed by atoms with van der Waals surface area (Å²) in [6.45, 7) is 5.01. The number of hydrogen-bond acceptors (Lipinski definition) is 3. The van der Waals surface area contributed by atoms with Gasteiger partial charge in [-0.15, -0.1) is 0 Å². The number of nitrogens with one attached hydrogen (secondary N) is 2. The molecule has 2 heterocycles. The highest BCUT2D eigenvalue weighted by molar-refractivity contribution is 6.35. The number of hydrogen-bond donors (Lipinski definition) is 2. The lowest BCUT2D eigenvalue weighted by atomic mass is 10.1. The molecule has 1 unspecified atom stereocenters. The van der Waals surface area contributed by atoms with Crippen LogP contribution in [0.1, 0.15) is 50.8 Å². The SMILES string of the molecule is CCCNC(=O)C(=O)NCC(c1cccn1C)N1CCCCCC1. The van der Waals surface area contributed by atoms with E-state index in [0.29, 0.717) is 13.1 Å². The third-order valence-electron chi connectivity index (χ3n) is 4.60. The summed E-state index contributed by atoms with van der Waals surface area (Å²) in [5, 5.41) is 5.44. The van der Waals surface area contributed by atoms with Crippen molar-refractivity contribution < 1.29 is 9.59 Å². The van der Waals surface area contributed by atoms with Gasteiger partial charge in [-0.25, -0.2) is 0 Å². The molecule has 0 bridgehead atoms. The van der Waals surface area contributed by atoms with Crippen molar-refractivity contribution >= 4 is 11.8 Å². The van der Waals surface area contributed by atoms with E-state index in [4.69, 9.17) is 0 Å². The van der Waals surface area contributed by atoms with Crippen molar-refractivity contribution in [2.45, 2.75) is 45.1 Å². The van der Waals surface area contributed by atoms with Gasteiger partial charge in [-0.3, -0.25) is 14.5 Å². The van der Waals surface area contributed by atoms with E-state index in [0.717, 1.165) is 19.5 Å². The molecule has 2 rings (SSSR count). The Kier molecular flexibility index (Phi) is 7.31. The van der Waals surface area contributed by atoms with Crippen LogP contribution in [0.4, 0.5) is 0 Å². The molecule has 1 saturated heterocycles. The zero-order valence-electron chi connectivity index (χ0n) is 14.9. The predicted octanol–water partition coefficient (Wildman–Crippen LogP) is 1.58. The van der Waals surface area contributed by atoms with Crippen LogP contribution in [0.25, 0.3) is 0 Å². The Bertz CT molecular complexity index is 533. The minimum Gasteiger partial charge on any atom is -0.353 e. The van der Waals surface area contributed by atoms with E-state index in [1.54, 1.807) is 0 Å². The highest BCUT2D eigenvalue weighted by Gasteiger charge is 2.25. The highest BCUT2D eigenvalue weighted by Crippen LogP contribution is 2.23. The second-order valence-corrected chi connectivity index (χ2v) is 6.48. The van der Waals surface area contributed by atoms with Crippen LogP contribution < -0.4 is 10.6 Å². The van der Waals surface area contributed by atoms with Crippen LogP contribution in [0.3, 0.4) is 0 Å². The van der Waals surface area contributed by atoms with Gasteiger partial charge >= 0.3 is 11.8 Å². The lowest BCUT2D eigenvalue weighted by molar-refractivity contribution is -0.139.